The summed E-state index contributed by atoms with van der Waals surface area (Å²) >= 11 is 3.40. The van der Waals surface area contributed by atoms with E-state index < -0.39 is 0 Å². The van der Waals surface area contributed by atoms with Crippen molar-refractivity contribution >= 4 is 21.7 Å². The SMILES string of the molecule is COCC(=O)Cc1nc(-c2ccc(Br)cc2C)no1. The lowest BCUT2D eigenvalue weighted by Gasteiger charge is -2.00. The third-order valence-corrected chi connectivity index (χ3v) is 3.04. The van der Waals surface area contributed by atoms with E-state index in [0.717, 1.165) is 15.6 Å². The van der Waals surface area contributed by atoms with Gasteiger partial charge in [0, 0.05) is 17.1 Å². The van der Waals surface area contributed by atoms with Crippen LogP contribution in [0.3, 0.4) is 0 Å². The van der Waals surface area contributed by atoms with Crippen molar-refractivity contribution in [1.29, 1.82) is 0 Å². The van der Waals surface area contributed by atoms with Gasteiger partial charge in [0.25, 0.3) is 0 Å². The van der Waals surface area contributed by atoms with Crippen molar-refractivity contribution in [2.45, 2.75) is 13.3 Å². The average Bonchev–Trinajstić information content (AvgIpc) is 2.77. The van der Waals surface area contributed by atoms with Gasteiger partial charge >= 0.3 is 0 Å². The Hall–Kier alpha value is -1.53. The van der Waals surface area contributed by atoms with Crippen LogP contribution in [-0.4, -0.2) is 29.6 Å². The first-order chi connectivity index (χ1) is 9.10. The minimum absolute atomic E-state index is 0.0506. The van der Waals surface area contributed by atoms with Gasteiger partial charge in [0.05, 0.1) is 6.42 Å². The van der Waals surface area contributed by atoms with Crippen LogP contribution in [0.1, 0.15) is 11.5 Å². The second-order valence-electron chi connectivity index (χ2n) is 4.12. The summed E-state index contributed by atoms with van der Waals surface area (Å²) in [4.78, 5) is 15.6. The number of hydrogen-bond acceptors (Lipinski definition) is 5. The monoisotopic (exact) mass is 324 g/mol. The quantitative estimate of drug-likeness (QED) is 0.845. The molecule has 0 unspecified atom stereocenters. The van der Waals surface area contributed by atoms with E-state index in [1.807, 2.05) is 25.1 Å². The summed E-state index contributed by atoms with van der Waals surface area (Å²) in [6.07, 6.45) is 0.0937. The first-order valence-corrected chi connectivity index (χ1v) is 6.49. The first kappa shape index (κ1) is 13.9. The number of aryl methyl sites for hydroxylation is 1. The van der Waals surface area contributed by atoms with E-state index in [2.05, 4.69) is 26.1 Å². The van der Waals surface area contributed by atoms with Crippen LogP contribution in [0.4, 0.5) is 0 Å². The summed E-state index contributed by atoms with van der Waals surface area (Å²) < 4.78 is 10.8. The Kier molecular flexibility index (Phi) is 4.44. The third kappa shape index (κ3) is 3.48. The Morgan fingerprint density at radius 1 is 1.47 bits per heavy atom. The molecule has 0 radical (unpaired) electrons. The largest absolute Gasteiger partial charge is 0.377 e. The Labute approximate surface area is 119 Å². The average molecular weight is 325 g/mol. The van der Waals surface area contributed by atoms with Crippen LogP contribution < -0.4 is 0 Å². The predicted molar refractivity (Wildman–Crippen MR) is 72.8 cm³/mol. The number of benzene rings is 1. The fourth-order valence-electron chi connectivity index (χ4n) is 1.69. The van der Waals surface area contributed by atoms with E-state index in [-0.39, 0.29) is 18.8 Å². The van der Waals surface area contributed by atoms with Crippen LogP contribution in [0.25, 0.3) is 11.4 Å². The van der Waals surface area contributed by atoms with Gasteiger partial charge in [0.2, 0.25) is 11.7 Å². The van der Waals surface area contributed by atoms with Crippen LogP contribution in [-0.2, 0) is 16.0 Å². The maximum Gasteiger partial charge on any atom is 0.234 e. The summed E-state index contributed by atoms with van der Waals surface area (Å²) in [5.41, 5.74) is 1.92. The molecule has 19 heavy (non-hydrogen) atoms. The van der Waals surface area contributed by atoms with Gasteiger partial charge in [-0.2, -0.15) is 4.98 Å². The zero-order valence-corrected chi connectivity index (χ0v) is 12.2. The van der Waals surface area contributed by atoms with E-state index in [1.54, 1.807) is 0 Å². The predicted octanol–water partition coefficient (Wildman–Crippen LogP) is 2.57. The van der Waals surface area contributed by atoms with Crippen molar-refractivity contribution in [2.24, 2.45) is 0 Å². The fourth-order valence-corrected chi connectivity index (χ4v) is 2.17. The first-order valence-electron chi connectivity index (χ1n) is 5.70. The molecule has 0 saturated carbocycles. The van der Waals surface area contributed by atoms with Crippen LogP contribution in [0, 0.1) is 6.92 Å². The van der Waals surface area contributed by atoms with Gasteiger partial charge in [0.1, 0.15) is 6.61 Å². The van der Waals surface area contributed by atoms with E-state index >= 15 is 0 Å². The van der Waals surface area contributed by atoms with Crippen LogP contribution in [0.5, 0.6) is 0 Å². The highest BCUT2D eigenvalue weighted by atomic mass is 79.9. The molecule has 0 bridgehead atoms. The lowest BCUT2D eigenvalue weighted by molar-refractivity contribution is -0.122. The van der Waals surface area contributed by atoms with Crippen LogP contribution >= 0.6 is 15.9 Å². The van der Waals surface area contributed by atoms with E-state index in [0.29, 0.717) is 11.7 Å². The summed E-state index contributed by atoms with van der Waals surface area (Å²) in [5.74, 6) is 0.704. The minimum Gasteiger partial charge on any atom is -0.377 e. The molecule has 0 saturated heterocycles. The maximum absolute atomic E-state index is 11.4. The molecule has 2 aromatic rings. The molecular formula is C13H13BrN2O3. The number of rotatable bonds is 5. The molecular weight excluding hydrogens is 312 g/mol. The highest BCUT2D eigenvalue weighted by Gasteiger charge is 2.13. The van der Waals surface area contributed by atoms with E-state index in [9.17, 15) is 4.79 Å². The number of hydrogen-bond donors (Lipinski definition) is 0. The van der Waals surface area contributed by atoms with Gasteiger partial charge in [0.15, 0.2) is 5.78 Å². The molecule has 0 spiro atoms. The highest BCUT2D eigenvalue weighted by Crippen LogP contribution is 2.23. The van der Waals surface area contributed by atoms with Crippen molar-refractivity contribution in [3.8, 4) is 11.4 Å². The molecule has 0 fully saturated rings. The van der Waals surface area contributed by atoms with Gasteiger partial charge in [-0.05, 0) is 30.7 Å². The number of methoxy groups -OCH3 is 1. The van der Waals surface area contributed by atoms with Gasteiger partial charge in [-0.15, -0.1) is 0 Å². The lowest BCUT2D eigenvalue weighted by Crippen LogP contribution is -2.09. The third-order valence-electron chi connectivity index (χ3n) is 2.55. The van der Waals surface area contributed by atoms with Crippen molar-refractivity contribution in [3.05, 3.63) is 34.1 Å². The molecule has 100 valence electrons. The van der Waals surface area contributed by atoms with Gasteiger partial charge < -0.3 is 9.26 Å². The fraction of sp³-hybridized carbons (Fsp3) is 0.308. The number of carbonyl (C=O) groups excluding carboxylic acids is 1. The number of Topliss-reactive ketones (excluding diaryl/α,β-unsaturated/α-hetero) is 1. The summed E-state index contributed by atoms with van der Waals surface area (Å²) in [6, 6.07) is 5.79. The van der Waals surface area contributed by atoms with Gasteiger partial charge in [-0.25, -0.2) is 0 Å². The molecule has 5 nitrogen and oxygen atoms in total. The topological polar surface area (TPSA) is 65.2 Å². The normalized spacial score (nSPS) is 10.7. The zero-order valence-electron chi connectivity index (χ0n) is 10.6. The number of halogens is 1. The molecule has 1 aromatic carbocycles. The van der Waals surface area contributed by atoms with Gasteiger partial charge in [-0.3, -0.25) is 4.79 Å². The van der Waals surface area contributed by atoms with Crippen LogP contribution in [0.15, 0.2) is 27.2 Å². The Bertz CT molecular complexity index is 595. The molecule has 0 N–H and O–H groups in total. The summed E-state index contributed by atoms with van der Waals surface area (Å²) in [7, 11) is 1.47. The summed E-state index contributed by atoms with van der Waals surface area (Å²) in [5, 5.41) is 3.90. The van der Waals surface area contributed by atoms with Crippen molar-refractivity contribution in [2.75, 3.05) is 13.7 Å². The molecule has 1 aromatic heterocycles. The van der Waals surface area contributed by atoms with Crippen LogP contribution in [0.2, 0.25) is 0 Å². The van der Waals surface area contributed by atoms with Crippen molar-refractivity contribution in [3.63, 3.8) is 0 Å². The molecule has 2 rings (SSSR count). The second kappa shape index (κ2) is 6.08. The Morgan fingerprint density at radius 2 is 2.26 bits per heavy atom. The lowest BCUT2D eigenvalue weighted by atomic mass is 10.1. The zero-order chi connectivity index (χ0) is 13.8. The minimum atomic E-state index is -0.0924. The molecule has 0 aliphatic carbocycles. The number of carbonyl (C=O) groups is 1. The highest BCUT2D eigenvalue weighted by molar-refractivity contribution is 9.10. The smallest absolute Gasteiger partial charge is 0.234 e. The molecule has 0 aliphatic heterocycles. The second-order valence-corrected chi connectivity index (χ2v) is 5.04. The maximum atomic E-state index is 11.4. The van der Waals surface area contributed by atoms with Crippen molar-refractivity contribution in [1.82, 2.24) is 10.1 Å². The number of ketones is 1. The number of aromatic nitrogens is 2. The number of nitrogens with zero attached hydrogens (tertiary/aromatic N) is 2. The molecule has 1 heterocycles. The molecule has 0 atom stereocenters. The number of ether oxygens (including phenoxy) is 1. The van der Waals surface area contributed by atoms with Crippen molar-refractivity contribution < 1.29 is 14.1 Å². The van der Waals surface area contributed by atoms with E-state index in [1.165, 1.54) is 7.11 Å². The standard InChI is InChI=1S/C13H13BrN2O3/c1-8-5-9(14)3-4-11(8)13-15-12(19-16-13)6-10(17)7-18-2/h3-5H,6-7H2,1-2H3. The molecule has 0 amide bonds. The van der Waals surface area contributed by atoms with E-state index in [4.69, 9.17) is 9.26 Å². The van der Waals surface area contributed by atoms with Gasteiger partial charge in [-0.1, -0.05) is 21.1 Å². The molecule has 6 heteroatoms. The summed E-state index contributed by atoms with van der Waals surface area (Å²) in [6.45, 7) is 2.02. The molecule has 0 aliphatic rings. The Morgan fingerprint density at radius 3 is 2.95 bits per heavy atom. The Balaban J connectivity index is 2.18.